The van der Waals surface area contributed by atoms with Gasteiger partial charge in [0, 0.05) is 5.02 Å². The molecule has 0 unspecified atom stereocenters. The Balaban J connectivity index is 1.83. The van der Waals surface area contributed by atoms with E-state index in [0.29, 0.717) is 25.8 Å². The standard InChI is InChI=1S/C17H12Cl2N2O2S/c1-23-12-5-2-10(3-6-12)8-15-16(22)21-17(24-15)20-14-9-11(18)4-7-13(14)19/h2-9H,1H3,(H,20,21,22)/b15-8+. The van der Waals surface area contributed by atoms with E-state index in [-0.39, 0.29) is 5.91 Å². The Morgan fingerprint density at radius 3 is 2.62 bits per heavy atom. The molecule has 0 bridgehead atoms. The molecule has 1 amide bonds. The lowest BCUT2D eigenvalue weighted by Gasteiger charge is -2.00. The minimum absolute atomic E-state index is 0.201. The summed E-state index contributed by atoms with van der Waals surface area (Å²) in [6.45, 7) is 0. The Morgan fingerprint density at radius 2 is 1.92 bits per heavy atom. The fraction of sp³-hybridized carbons (Fsp3) is 0.0588. The first-order valence-electron chi connectivity index (χ1n) is 6.94. The average molecular weight is 379 g/mol. The van der Waals surface area contributed by atoms with E-state index in [4.69, 9.17) is 27.9 Å². The molecule has 1 heterocycles. The van der Waals surface area contributed by atoms with E-state index in [1.165, 1.54) is 11.8 Å². The van der Waals surface area contributed by atoms with Crippen LogP contribution in [0.4, 0.5) is 5.69 Å². The second kappa shape index (κ2) is 7.30. The number of hydrogen-bond acceptors (Lipinski definition) is 4. The summed E-state index contributed by atoms with van der Waals surface area (Å²) in [5.74, 6) is 0.561. The van der Waals surface area contributed by atoms with E-state index in [2.05, 4.69) is 10.3 Å². The number of nitrogens with one attached hydrogen (secondary N) is 1. The molecule has 7 heteroatoms. The molecule has 4 nitrogen and oxygen atoms in total. The quantitative estimate of drug-likeness (QED) is 0.773. The summed E-state index contributed by atoms with van der Waals surface area (Å²) in [7, 11) is 1.61. The maximum absolute atomic E-state index is 12.1. The van der Waals surface area contributed by atoms with Crippen LogP contribution in [0.2, 0.25) is 10.0 Å². The van der Waals surface area contributed by atoms with Crippen LogP contribution in [-0.4, -0.2) is 18.2 Å². The molecule has 0 radical (unpaired) electrons. The number of ether oxygens (including phenoxy) is 1. The maximum atomic E-state index is 12.1. The number of methoxy groups -OCH3 is 1. The fourth-order valence-corrected chi connectivity index (χ4v) is 3.17. The van der Waals surface area contributed by atoms with Crippen LogP contribution in [-0.2, 0) is 4.79 Å². The molecule has 2 aromatic rings. The van der Waals surface area contributed by atoms with E-state index in [0.717, 1.165) is 11.3 Å². The minimum atomic E-state index is -0.201. The van der Waals surface area contributed by atoms with Crippen molar-refractivity contribution < 1.29 is 9.53 Å². The van der Waals surface area contributed by atoms with E-state index in [9.17, 15) is 4.79 Å². The van der Waals surface area contributed by atoms with Gasteiger partial charge in [0.25, 0.3) is 5.91 Å². The molecular weight excluding hydrogens is 367 g/mol. The van der Waals surface area contributed by atoms with Crippen molar-refractivity contribution in [2.45, 2.75) is 0 Å². The third kappa shape index (κ3) is 3.93. The number of hydrogen-bond donors (Lipinski definition) is 1. The molecule has 0 aliphatic carbocycles. The van der Waals surface area contributed by atoms with Crippen molar-refractivity contribution in [1.29, 1.82) is 0 Å². The largest absolute Gasteiger partial charge is 0.497 e. The average Bonchev–Trinajstić information content (AvgIpc) is 2.91. The molecule has 0 spiro atoms. The van der Waals surface area contributed by atoms with Crippen LogP contribution < -0.4 is 10.1 Å². The monoisotopic (exact) mass is 378 g/mol. The van der Waals surface area contributed by atoms with Gasteiger partial charge in [-0.2, -0.15) is 0 Å². The zero-order valence-electron chi connectivity index (χ0n) is 12.5. The minimum Gasteiger partial charge on any atom is -0.497 e. The number of carbonyl (C=O) groups is 1. The van der Waals surface area contributed by atoms with Gasteiger partial charge in [0.05, 0.1) is 22.7 Å². The molecule has 122 valence electrons. The number of halogens is 2. The van der Waals surface area contributed by atoms with Crippen LogP contribution >= 0.6 is 35.0 Å². The van der Waals surface area contributed by atoms with Crippen LogP contribution in [0.1, 0.15) is 5.56 Å². The van der Waals surface area contributed by atoms with Crippen molar-refractivity contribution in [3.05, 3.63) is 63.0 Å². The third-order valence-corrected chi connectivity index (χ3v) is 4.66. The van der Waals surface area contributed by atoms with Gasteiger partial charge in [0.15, 0.2) is 5.17 Å². The van der Waals surface area contributed by atoms with Gasteiger partial charge < -0.3 is 10.1 Å². The van der Waals surface area contributed by atoms with Crippen molar-refractivity contribution in [3.8, 4) is 5.75 Å². The van der Waals surface area contributed by atoms with Crippen LogP contribution in [0.15, 0.2) is 52.4 Å². The molecule has 1 aliphatic rings. The third-order valence-electron chi connectivity index (χ3n) is 3.19. The second-order valence-corrected chi connectivity index (χ2v) is 6.72. The number of amides is 1. The number of amidine groups is 1. The highest BCUT2D eigenvalue weighted by Crippen LogP contribution is 2.32. The van der Waals surface area contributed by atoms with Gasteiger partial charge in [-0.1, -0.05) is 35.3 Å². The number of thioether (sulfide) groups is 1. The fourth-order valence-electron chi connectivity index (χ4n) is 2.01. The molecule has 1 saturated heterocycles. The van der Waals surface area contributed by atoms with Gasteiger partial charge in [-0.05, 0) is 53.7 Å². The predicted octanol–water partition coefficient (Wildman–Crippen LogP) is 4.89. The molecule has 0 saturated carbocycles. The summed E-state index contributed by atoms with van der Waals surface area (Å²) in [4.78, 5) is 17.0. The SMILES string of the molecule is COc1ccc(/C=C2/SC(=Nc3cc(Cl)ccc3Cl)NC2=O)cc1. The van der Waals surface area contributed by atoms with E-state index < -0.39 is 0 Å². The first-order chi connectivity index (χ1) is 11.5. The van der Waals surface area contributed by atoms with Crippen LogP contribution in [0.5, 0.6) is 5.75 Å². The molecule has 1 fully saturated rings. The number of benzene rings is 2. The van der Waals surface area contributed by atoms with Gasteiger partial charge >= 0.3 is 0 Å². The highest BCUT2D eigenvalue weighted by molar-refractivity contribution is 8.18. The highest BCUT2D eigenvalue weighted by atomic mass is 35.5. The topological polar surface area (TPSA) is 50.7 Å². The Hall–Kier alpha value is -1.95. The summed E-state index contributed by atoms with van der Waals surface area (Å²) in [6, 6.07) is 12.4. The second-order valence-electron chi connectivity index (χ2n) is 4.85. The van der Waals surface area contributed by atoms with Gasteiger partial charge in [-0.3, -0.25) is 4.79 Å². The van der Waals surface area contributed by atoms with Gasteiger partial charge in [-0.25, -0.2) is 4.99 Å². The summed E-state index contributed by atoms with van der Waals surface area (Å²) >= 11 is 13.3. The van der Waals surface area contributed by atoms with Crippen LogP contribution in [0.3, 0.4) is 0 Å². The Bertz CT molecular complexity index is 848. The first kappa shape index (κ1) is 16.9. The normalized spacial score (nSPS) is 17.4. The predicted molar refractivity (Wildman–Crippen MR) is 100 cm³/mol. The lowest BCUT2D eigenvalue weighted by molar-refractivity contribution is -0.115. The Morgan fingerprint density at radius 1 is 1.17 bits per heavy atom. The highest BCUT2D eigenvalue weighted by Gasteiger charge is 2.24. The van der Waals surface area contributed by atoms with Crippen molar-refractivity contribution in [3.63, 3.8) is 0 Å². The van der Waals surface area contributed by atoms with Gasteiger partial charge in [0.1, 0.15) is 5.75 Å². The van der Waals surface area contributed by atoms with Crippen LogP contribution in [0, 0.1) is 0 Å². The molecule has 2 aromatic carbocycles. The van der Waals surface area contributed by atoms with Crippen molar-refractivity contribution in [1.82, 2.24) is 5.32 Å². The maximum Gasteiger partial charge on any atom is 0.264 e. The summed E-state index contributed by atoms with van der Waals surface area (Å²) in [6.07, 6.45) is 1.79. The van der Waals surface area contributed by atoms with E-state index in [1.54, 1.807) is 31.4 Å². The zero-order chi connectivity index (χ0) is 17.1. The molecule has 1 aliphatic heterocycles. The van der Waals surface area contributed by atoms with Crippen LogP contribution in [0.25, 0.3) is 6.08 Å². The lowest BCUT2D eigenvalue weighted by atomic mass is 10.2. The van der Waals surface area contributed by atoms with Crippen molar-refractivity contribution >= 4 is 57.8 Å². The summed E-state index contributed by atoms with van der Waals surface area (Å²) in [5, 5.41) is 4.18. The molecule has 0 aromatic heterocycles. The molecule has 24 heavy (non-hydrogen) atoms. The van der Waals surface area contributed by atoms with E-state index in [1.807, 2.05) is 24.3 Å². The van der Waals surface area contributed by atoms with Crippen molar-refractivity contribution in [2.75, 3.05) is 7.11 Å². The molecule has 0 atom stereocenters. The lowest BCUT2D eigenvalue weighted by Crippen LogP contribution is -2.19. The van der Waals surface area contributed by atoms with Gasteiger partial charge in [-0.15, -0.1) is 0 Å². The molecular formula is C17H12Cl2N2O2S. The number of nitrogens with zero attached hydrogens (tertiary/aromatic N) is 1. The molecule has 1 N–H and O–H groups in total. The summed E-state index contributed by atoms with van der Waals surface area (Å²) in [5.41, 5.74) is 1.41. The summed E-state index contributed by atoms with van der Waals surface area (Å²) < 4.78 is 5.12. The number of rotatable bonds is 3. The Labute approximate surface area is 153 Å². The zero-order valence-corrected chi connectivity index (χ0v) is 14.9. The van der Waals surface area contributed by atoms with E-state index >= 15 is 0 Å². The number of carbonyl (C=O) groups excluding carboxylic acids is 1. The Kier molecular flexibility index (Phi) is 5.14. The number of aliphatic imine (C=N–C) groups is 1. The smallest absolute Gasteiger partial charge is 0.264 e. The van der Waals surface area contributed by atoms with Gasteiger partial charge in [0.2, 0.25) is 0 Å². The first-order valence-corrected chi connectivity index (χ1v) is 8.51. The van der Waals surface area contributed by atoms with Crippen molar-refractivity contribution in [2.24, 2.45) is 4.99 Å². The molecule has 3 rings (SSSR count).